The molecule has 0 aliphatic carbocycles. The molecule has 1 heterocycles. The quantitative estimate of drug-likeness (QED) is 0.635. The van der Waals surface area contributed by atoms with E-state index in [9.17, 15) is 4.79 Å². The topological polar surface area (TPSA) is 32.3 Å². The highest BCUT2D eigenvalue weighted by Crippen LogP contribution is 2.32. The summed E-state index contributed by atoms with van der Waals surface area (Å²) >= 11 is 1.74. The molecule has 0 bridgehead atoms. The molecule has 130 valence electrons. The van der Waals surface area contributed by atoms with Crippen LogP contribution in [0.25, 0.3) is 0 Å². The number of hydrogen-bond donors (Lipinski definition) is 1. The van der Waals surface area contributed by atoms with Crippen molar-refractivity contribution in [3.63, 3.8) is 0 Å². The zero-order valence-corrected chi connectivity index (χ0v) is 15.2. The number of nitrogens with zero attached hydrogens (tertiary/aromatic N) is 1. The molecule has 1 N–H and O–H groups in total. The number of carbonyl (C=O) groups is 1. The second kappa shape index (κ2) is 7.77. The van der Waals surface area contributed by atoms with Crippen LogP contribution in [0.4, 0.5) is 5.69 Å². The lowest BCUT2D eigenvalue weighted by Gasteiger charge is -2.22. The molecule has 0 aromatic heterocycles. The Bertz CT molecular complexity index is 855. The van der Waals surface area contributed by atoms with Gasteiger partial charge in [-0.3, -0.25) is 4.79 Å². The predicted octanol–water partition coefficient (Wildman–Crippen LogP) is 4.89. The molecule has 0 unspecified atom stereocenters. The third-order valence-corrected chi connectivity index (χ3v) is 5.32. The average molecular weight is 360 g/mol. The van der Waals surface area contributed by atoms with Gasteiger partial charge in [0.2, 0.25) is 5.91 Å². The molecule has 0 radical (unpaired) electrons. The lowest BCUT2D eigenvalue weighted by atomic mass is 10.2. The molecule has 1 aliphatic rings. The van der Waals surface area contributed by atoms with Crippen LogP contribution in [0.5, 0.6) is 0 Å². The number of anilines is 1. The molecule has 1 aliphatic heterocycles. The van der Waals surface area contributed by atoms with Crippen LogP contribution in [0, 0.1) is 0 Å². The van der Waals surface area contributed by atoms with Gasteiger partial charge in [-0.05, 0) is 46.8 Å². The summed E-state index contributed by atoms with van der Waals surface area (Å²) < 4.78 is 2.36. The molecule has 3 nitrogen and oxygen atoms in total. The van der Waals surface area contributed by atoms with Crippen molar-refractivity contribution >= 4 is 23.5 Å². The van der Waals surface area contributed by atoms with E-state index >= 15 is 0 Å². The van der Waals surface area contributed by atoms with Crippen LogP contribution in [0.2, 0.25) is 0 Å². The van der Waals surface area contributed by atoms with Crippen molar-refractivity contribution in [3.8, 4) is 0 Å². The van der Waals surface area contributed by atoms with Crippen molar-refractivity contribution in [2.45, 2.75) is 24.4 Å². The van der Waals surface area contributed by atoms with E-state index in [0.717, 1.165) is 29.2 Å². The lowest BCUT2D eigenvalue weighted by molar-refractivity contribution is -0.115. The van der Waals surface area contributed by atoms with Crippen LogP contribution in [-0.4, -0.2) is 10.2 Å². The average Bonchev–Trinajstić information content (AvgIpc) is 3.03. The fourth-order valence-electron chi connectivity index (χ4n) is 3.11. The summed E-state index contributed by atoms with van der Waals surface area (Å²) in [7, 11) is 0. The molecular weight excluding hydrogens is 340 g/mol. The molecule has 0 saturated heterocycles. The third kappa shape index (κ3) is 4.15. The van der Waals surface area contributed by atoms with Crippen molar-refractivity contribution in [1.29, 1.82) is 0 Å². The van der Waals surface area contributed by atoms with Crippen molar-refractivity contribution in [2.24, 2.45) is 0 Å². The van der Waals surface area contributed by atoms with Gasteiger partial charge in [0.1, 0.15) is 0 Å². The van der Waals surface area contributed by atoms with Gasteiger partial charge in [-0.1, -0.05) is 60.7 Å². The Balaban J connectivity index is 1.54. The molecule has 0 spiro atoms. The van der Waals surface area contributed by atoms with Crippen LogP contribution < -0.4 is 5.32 Å². The predicted molar refractivity (Wildman–Crippen MR) is 107 cm³/mol. The van der Waals surface area contributed by atoms with Crippen LogP contribution in [0.3, 0.4) is 0 Å². The number of rotatable bonds is 6. The molecule has 4 rings (SSSR count). The Labute approximate surface area is 158 Å². The van der Waals surface area contributed by atoms with E-state index < -0.39 is 0 Å². The van der Waals surface area contributed by atoms with Gasteiger partial charge in [-0.15, -0.1) is 0 Å². The molecular formula is C22H20N2OS. The van der Waals surface area contributed by atoms with E-state index in [2.05, 4.69) is 70.3 Å². The number of nitrogens with one attached hydrogen (secondary N) is 1. The van der Waals surface area contributed by atoms with E-state index in [4.69, 9.17) is 0 Å². The van der Waals surface area contributed by atoms with E-state index in [1.54, 1.807) is 11.9 Å². The van der Waals surface area contributed by atoms with E-state index in [-0.39, 0.29) is 5.91 Å². The Morgan fingerprint density at radius 1 is 0.846 bits per heavy atom. The van der Waals surface area contributed by atoms with E-state index in [1.165, 1.54) is 11.1 Å². The largest absolute Gasteiger partial charge is 0.326 e. The number of amides is 1. The maximum absolute atomic E-state index is 11.6. The molecule has 3 aromatic carbocycles. The fraction of sp³-hybridized carbons (Fsp3) is 0.136. The van der Waals surface area contributed by atoms with Crippen LogP contribution in [-0.2, 0) is 24.3 Å². The molecule has 0 atom stereocenters. The molecule has 3 aromatic rings. The Morgan fingerprint density at radius 2 is 1.46 bits per heavy atom. The first-order chi connectivity index (χ1) is 12.8. The maximum Gasteiger partial charge on any atom is 0.228 e. The first kappa shape index (κ1) is 16.9. The molecule has 0 saturated carbocycles. The summed E-state index contributed by atoms with van der Waals surface area (Å²) in [6, 6.07) is 27.2. The van der Waals surface area contributed by atoms with Gasteiger partial charge in [-0.25, -0.2) is 4.31 Å². The van der Waals surface area contributed by atoms with Crippen LogP contribution >= 0.6 is 11.9 Å². The number of carbonyl (C=O) groups excluding carboxylic acids is 1. The SMILES string of the molecule is O=C1Cc2cc(SN(Cc3ccccc3)Cc3ccccc3)ccc2N1. The van der Waals surface area contributed by atoms with Gasteiger partial charge < -0.3 is 5.32 Å². The van der Waals surface area contributed by atoms with Gasteiger partial charge in [0, 0.05) is 23.7 Å². The molecule has 1 amide bonds. The standard InChI is InChI=1S/C22H20N2OS/c25-22-14-19-13-20(11-12-21(19)23-22)26-24(15-17-7-3-1-4-8-17)16-18-9-5-2-6-10-18/h1-13H,14-16H2,(H,23,25). The minimum Gasteiger partial charge on any atom is -0.326 e. The summed E-state index contributed by atoms with van der Waals surface area (Å²) in [4.78, 5) is 12.7. The van der Waals surface area contributed by atoms with Gasteiger partial charge >= 0.3 is 0 Å². The third-order valence-electron chi connectivity index (χ3n) is 4.34. The highest BCUT2D eigenvalue weighted by molar-refractivity contribution is 7.97. The number of fused-ring (bicyclic) bond motifs is 1. The summed E-state index contributed by atoms with van der Waals surface area (Å²) in [6.45, 7) is 1.71. The summed E-state index contributed by atoms with van der Waals surface area (Å²) in [5.41, 5.74) is 4.60. The maximum atomic E-state index is 11.6. The van der Waals surface area contributed by atoms with E-state index in [1.807, 2.05) is 18.2 Å². The Morgan fingerprint density at radius 3 is 2.08 bits per heavy atom. The zero-order valence-electron chi connectivity index (χ0n) is 14.4. The van der Waals surface area contributed by atoms with Crippen LogP contribution in [0.1, 0.15) is 16.7 Å². The molecule has 26 heavy (non-hydrogen) atoms. The zero-order chi connectivity index (χ0) is 17.8. The summed E-state index contributed by atoms with van der Waals surface area (Å²) in [5, 5.41) is 2.90. The van der Waals surface area contributed by atoms with E-state index in [0.29, 0.717) is 6.42 Å². The highest BCUT2D eigenvalue weighted by atomic mass is 32.2. The monoisotopic (exact) mass is 360 g/mol. The summed E-state index contributed by atoms with van der Waals surface area (Å²) in [5.74, 6) is 0.0765. The van der Waals surface area contributed by atoms with Gasteiger partial charge in [-0.2, -0.15) is 0 Å². The number of hydrogen-bond acceptors (Lipinski definition) is 3. The van der Waals surface area contributed by atoms with Crippen molar-refractivity contribution < 1.29 is 4.79 Å². The van der Waals surface area contributed by atoms with Gasteiger partial charge in [0.05, 0.1) is 6.42 Å². The van der Waals surface area contributed by atoms with Crippen LogP contribution in [0.15, 0.2) is 83.8 Å². The Hall–Kier alpha value is -2.56. The van der Waals surface area contributed by atoms with Crippen molar-refractivity contribution in [2.75, 3.05) is 5.32 Å². The van der Waals surface area contributed by atoms with Gasteiger partial charge in [0.25, 0.3) is 0 Å². The fourth-order valence-corrected chi connectivity index (χ4v) is 4.16. The van der Waals surface area contributed by atoms with Crippen molar-refractivity contribution in [3.05, 3.63) is 95.6 Å². The minimum absolute atomic E-state index is 0.0765. The molecule has 0 fully saturated rings. The summed E-state index contributed by atoms with van der Waals surface area (Å²) in [6.07, 6.45) is 0.473. The first-order valence-corrected chi connectivity index (χ1v) is 9.47. The Kier molecular flexibility index (Phi) is 5.04. The van der Waals surface area contributed by atoms with Gasteiger partial charge in [0.15, 0.2) is 0 Å². The first-order valence-electron chi connectivity index (χ1n) is 8.70. The normalized spacial score (nSPS) is 12.9. The minimum atomic E-state index is 0.0765. The number of benzene rings is 3. The highest BCUT2D eigenvalue weighted by Gasteiger charge is 2.18. The lowest BCUT2D eigenvalue weighted by Crippen LogP contribution is -2.14. The second-order valence-corrected chi connectivity index (χ2v) is 7.57. The molecule has 4 heteroatoms. The smallest absolute Gasteiger partial charge is 0.228 e. The second-order valence-electron chi connectivity index (χ2n) is 6.40. The van der Waals surface area contributed by atoms with Crippen molar-refractivity contribution in [1.82, 2.24) is 4.31 Å².